The predicted molar refractivity (Wildman–Crippen MR) is 147 cm³/mol. The van der Waals surface area contributed by atoms with Crippen molar-refractivity contribution in [1.82, 2.24) is 0 Å². The maximum Gasteiger partial charge on any atom is 0.303 e. The molecule has 1 aliphatic heterocycles. The van der Waals surface area contributed by atoms with Crippen molar-refractivity contribution in [3.05, 3.63) is 95.6 Å². The number of benzene rings is 3. The lowest BCUT2D eigenvalue weighted by Gasteiger charge is -2.36. The first-order valence-corrected chi connectivity index (χ1v) is 13.8. The number of nitrogens with one attached hydrogen (secondary N) is 1. The zero-order valence-corrected chi connectivity index (χ0v) is 21.9. The van der Waals surface area contributed by atoms with Crippen LogP contribution >= 0.6 is 11.8 Å². The molecular formula is C30H33NO6S. The van der Waals surface area contributed by atoms with Gasteiger partial charge in [-0.2, -0.15) is 0 Å². The van der Waals surface area contributed by atoms with Gasteiger partial charge < -0.3 is 25.0 Å². The molecule has 0 aromatic heterocycles. The zero-order valence-electron chi connectivity index (χ0n) is 21.1. The number of hydrogen-bond donors (Lipinski definition) is 3. The number of carboxylic acid groups (broad SMARTS) is 1. The molecule has 200 valence electrons. The number of rotatable bonds is 12. The van der Waals surface area contributed by atoms with Crippen LogP contribution in [0, 0.1) is 0 Å². The highest BCUT2D eigenvalue weighted by atomic mass is 32.2. The summed E-state index contributed by atoms with van der Waals surface area (Å²) < 4.78 is 12.8. The van der Waals surface area contributed by atoms with Crippen molar-refractivity contribution in [1.29, 1.82) is 0 Å². The van der Waals surface area contributed by atoms with E-state index in [2.05, 4.69) is 17.4 Å². The smallest absolute Gasteiger partial charge is 0.303 e. The van der Waals surface area contributed by atoms with E-state index in [1.165, 1.54) is 4.90 Å². The Labute approximate surface area is 227 Å². The van der Waals surface area contributed by atoms with Crippen LogP contribution in [0.1, 0.15) is 61.2 Å². The number of aliphatic carboxylic acids is 1. The second kappa shape index (κ2) is 14.1. The lowest BCUT2D eigenvalue weighted by Crippen LogP contribution is -2.31. The van der Waals surface area contributed by atoms with Crippen LogP contribution < -0.4 is 5.32 Å². The van der Waals surface area contributed by atoms with E-state index in [4.69, 9.17) is 14.6 Å². The van der Waals surface area contributed by atoms with Crippen LogP contribution in [0.4, 0.5) is 5.69 Å². The van der Waals surface area contributed by atoms with E-state index in [-0.39, 0.29) is 37.6 Å². The minimum atomic E-state index is -0.853. The zero-order chi connectivity index (χ0) is 26.7. The molecule has 3 atom stereocenters. The summed E-state index contributed by atoms with van der Waals surface area (Å²) in [4.78, 5) is 24.2. The Balaban J connectivity index is 1.45. The fourth-order valence-corrected chi connectivity index (χ4v) is 5.22. The highest BCUT2D eigenvalue weighted by Crippen LogP contribution is 2.39. The van der Waals surface area contributed by atoms with Gasteiger partial charge in [-0.3, -0.25) is 9.59 Å². The summed E-state index contributed by atoms with van der Waals surface area (Å²) >= 11 is 1.74. The average molecular weight is 536 g/mol. The summed E-state index contributed by atoms with van der Waals surface area (Å²) in [5.74, 6) is -0.243. The summed E-state index contributed by atoms with van der Waals surface area (Å²) in [6, 6.07) is 25.4. The van der Waals surface area contributed by atoms with E-state index in [1.54, 1.807) is 11.8 Å². The normalized spacial score (nSPS) is 19.1. The van der Waals surface area contributed by atoms with Gasteiger partial charge in [0.25, 0.3) is 0 Å². The van der Waals surface area contributed by atoms with Crippen molar-refractivity contribution >= 4 is 29.3 Å². The van der Waals surface area contributed by atoms with Crippen LogP contribution in [-0.2, 0) is 25.7 Å². The van der Waals surface area contributed by atoms with Gasteiger partial charge in [0.2, 0.25) is 5.91 Å². The Morgan fingerprint density at radius 3 is 2.39 bits per heavy atom. The Kier molecular flexibility index (Phi) is 10.3. The number of anilines is 1. The fraction of sp³-hybridized carbons (Fsp3) is 0.333. The monoisotopic (exact) mass is 535 g/mol. The van der Waals surface area contributed by atoms with E-state index < -0.39 is 12.3 Å². The maximum absolute atomic E-state index is 12.4. The second-order valence-corrected chi connectivity index (χ2v) is 10.3. The van der Waals surface area contributed by atoms with Gasteiger partial charge in [-0.15, -0.1) is 11.8 Å². The number of carboxylic acids is 1. The highest BCUT2D eigenvalue weighted by Gasteiger charge is 2.32. The van der Waals surface area contributed by atoms with E-state index in [9.17, 15) is 14.7 Å². The Hall–Kier alpha value is -3.17. The molecule has 3 unspecified atom stereocenters. The van der Waals surface area contributed by atoms with Crippen LogP contribution in [0.25, 0.3) is 0 Å². The first-order chi connectivity index (χ1) is 18.5. The predicted octanol–water partition coefficient (Wildman–Crippen LogP) is 6.10. The topological polar surface area (TPSA) is 105 Å². The standard InChI is InChI=1S/C30H33NO6S/c32-19-21-13-15-22(16-14-21)27-18-25(20-38-26-9-2-1-3-10-26)36-30(37-27)23-7-6-8-24(17-23)31-28(33)11-4-5-12-29(34)35/h1-3,6-10,13-17,25,27,30,32H,4-5,11-12,18-20H2,(H,31,33)(H,34,35). The summed E-state index contributed by atoms with van der Waals surface area (Å²) in [6.45, 7) is -0.00798. The van der Waals surface area contributed by atoms with Gasteiger partial charge in [-0.25, -0.2) is 0 Å². The maximum atomic E-state index is 12.4. The van der Waals surface area contributed by atoms with Gasteiger partial charge in [0.05, 0.1) is 18.8 Å². The van der Waals surface area contributed by atoms with E-state index >= 15 is 0 Å². The summed E-state index contributed by atoms with van der Waals surface area (Å²) in [5.41, 5.74) is 3.32. The average Bonchev–Trinajstić information content (AvgIpc) is 2.95. The fourth-order valence-electron chi connectivity index (χ4n) is 4.28. The number of unbranched alkanes of at least 4 members (excludes halogenated alkanes) is 1. The summed E-state index contributed by atoms with van der Waals surface area (Å²) in [6.07, 6.45) is 1.15. The molecule has 0 spiro atoms. The summed E-state index contributed by atoms with van der Waals surface area (Å²) in [7, 11) is 0. The van der Waals surface area contributed by atoms with Crippen molar-refractivity contribution in [2.24, 2.45) is 0 Å². The number of ether oxygens (including phenoxy) is 2. The molecule has 38 heavy (non-hydrogen) atoms. The number of carbonyl (C=O) groups excluding carboxylic acids is 1. The Morgan fingerprint density at radius 2 is 1.66 bits per heavy atom. The lowest BCUT2D eigenvalue weighted by molar-refractivity contribution is -0.245. The number of aliphatic hydroxyl groups excluding tert-OH is 1. The molecule has 4 rings (SSSR count). The van der Waals surface area contributed by atoms with Gasteiger partial charge in [0, 0.05) is 41.2 Å². The molecule has 1 aliphatic rings. The third-order valence-corrected chi connectivity index (χ3v) is 7.43. The van der Waals surface area contributed by atoms with E-state index in [0.29, 0.717) is 24.9 Å². The van der Waals surface area contributed by atoms with Crippen LogP contribution in [0.2, 0.25) is 0 Å². The van der Waals surface area contributed by atoms with Crippen LogP contribution in [0.3, 0.4) is 0 Å². The van der Waals surface area contributed by atoms with E-state index in [0.717, 1.165) is 22.4 Å². The first-order valence-electron chi connectivity index (χ1n) is 12.8. The Morgan fingerprint density at radius 1 is 0.895 bits per heavy atom. The SMILES string of the molecule is O=C(O)CCCCC(=O)Nc1cccc(C2OC(CSc3ccccc3)CC(c3ccc(CO)cc3)O2)c1. The van der Waals surface area contributed by atoms with Gasteiger partial charge in [-0.1, -0.05) is 54.6 Å². The van der Waals surface area contributed by atoms with Crippen molar-refractivity contribution in [2.75, 3.05) is 11.1 Å². The van der Waals surface area contributed by atoms with E-state index in [1.807, 2.05) is 66.7 Å². The molecule has 8 heteroatoms. The van der Waals surface area contributed by atoms with Crippen LogP contribution in [-0.4, -0.2) is 33.9 Å². The lowest BCUT2D eigenvalue weighted by atomic mass is 10.0. The number of carbonyl (C=O) groups is 2. The summed E-state index contributed by atoms with van der Waals surface area (Å²) in [5, 5.41) is 21.1. The largest absolute Gasteiger partial charge is 0.481 e. The van der Waals surface area contributed by atoms with Crippen molar-refractivity contribution in [2.45, 2.75) is 62.1 Å². The quantitative estimate of drug-likeness (QED) is 0.190. The number of aliphatic hydroxyl groups is 1. The molecule has 7 nitrogen and oxygen atoms in total. The molecule has 1 amide bonds. The molecule has 3 aromatic rings. The van der Waals surface area contributed by atoms with Gasteiger partial charge in [0.15, 0.2) is 6.29 Å². The van der Waals surface area contributed by atoms with Crippen LogP contribution in [0.15, 0.2) is 83.8 Å². The number of hydrogen-bond acceptors (Lipinski definition) is 6. The van der Waals surface area contributed by atoms with Crippen LogP contribution in [0.5, 0.6) is 0 Å². The molecule has 3 N–H and O–H groups in total. The van der Waals surface area contributed by atoms with Gasteiger partial charge in [-0.05, 0) is 48.2 Å². The molecule has 1 saturated heterocycles. The first kappa shape index (κ1) is 27.9. The Bertz CT molecular complexity index is 1190. The van der Waals surface area contributed by atoms with Gasteiger partial charge >= 0.3 is 5.97 Å². The van der Waals surface area contributed by atoms with Crippen molar-refractivity contribution in [3.8, 4) is 0 Å². The molecule has 0 saturated carbocycles. The number of amides is 1. The third-order valence-electron chi connectivity index (χ3n) is 6.28. The molecule has 0 radical (unpaired) electrons. The van der Waals surface area contributed by atoms with Crippen molar-refractivity contribution in [3.63, 3.8) is 0 Å². The highest BCUT2D eigenvalue weighted by molar-refractivity contribution is 7.99. The molecular weight excluding hydrogens is 502 g/mol. The third kappa shape index (κ3) is 8.43. The molecule has 1 fully saturated rings. The number of thioether (sulfide) groups is 1. The second-order valence-electron chi connectivity index (χ2n) is 9.25. The minimum Gasteiger partial charge on any atom is -0.481 e. The molecule has 0 aliphatic carbocycles. The molecule has 1 heterocycles. The molecule has 3 aromatic carbocycles. The van der Waals surface area contributed by atoms with Gasteiger partial charge in [0.1, 0.15) is 0 Å². The van der Waals surface area contributed by atoms with Crippen molar-refractivity contribution < 1.29 is 29.3 Å². The minimum absolute atomic E-state index is 0.00798. The molecule has 0 bridgehead atoms.